The lowest BCUT2D eigenvalue weighted by Gasteiger charge is -2.28. The van der Waals surface area contributed by atoms with Crippen LogP contribution in [0.5, 0.6) is 5.88 Å². The normalized spacial score (nSPS) is 22.2. The van der Waals surface area contributed by atoms with Crippen LogP contribution in [0.25, 0.3) is 0 Å². The highest BCUT2D eigenvalue weighted by Gasteiger charge is 2.23. The number of rotatable bonds is 8. The summed E-state index contributed by atoms with van der Waals surface area (Å²) in [6.45, 7) is 2.28. The lowest BCUT2D eigenvalue weighted by molar-refractivity contribution is 0.297. The van der Waals surface area contributed by atoms with Crippen molar-refractivity contribution in [2.45, 2.75) is 77.0 Å². The van der Waals surface area contributed by atoms with E-state index in [0.717, 1.165) is 11.6 Å². The van der Waals surface area contributed by atoms with Gasteiger partial charge < -0.3 is 4.74 Å². The number of nitrogens with zero attached hydrogens (tertiary/aromatic N) is 2. The lowest BCUT2D eigenvalue weighted by atomic mass is 9.78. The molecule has 2 rings (SSSR count). The van der Waals surface area contributed by atoms with Crippen molar-refractivity contribution in [1.29, 1.82) is 0 Å². The summed E-state index contributed by atoms with van der Waals surface area (Å²) in [6.07, 6.45) is 13.8. The Morgan fingerprint density at radius 2 is 1.76 bits per heavy atom. The van der Waals surface area contributed by atoms with E-state index in [9.17, 15) is 0 Å². The van der Waals surface area contributed by atoms with Crippen LogP contribution in [-0.2, 0) is 0 Å². The van der Waals surface area contributed by atoms with Crippen LogP contribution in [0.15, 0.2) is 12.1 Å². The molecule has 1 fully saturated rings. The summed E-state index contributed by atoms with van der Waals surface area (Å²) in [5.41, 5.74) is 1.15. The molecule has 0 radical (unpaired) electrons. The van der Waals surface area contributed by atoms with Gasteiger partial charge in [-0.1, -0.05) is 45.4 Å². The van der Waals surface area contributed by atoms with Crippen LogP contribution < -0.4 is 4.74 Å². The van der Waals surface area contributed by atoms with E-state index in [-0.39, 0.29) is 0 Å². The van der Waals surface area contributed by atoms with Gasteiger partial charge in [-0.15, -0.1) is 5.10 Å². The lowest BCUT2D eigenvalue weighted by Crippen LogP contribution is -2.14. The standard InChI is InChI=1S/C18H30N2O/c1-3-4-5-6-7-8-15-9-11-16(12-10-15)17-13-14-18(21-2)20-19-17/h13-16H,3-12H2,1-2H3. The second kappa shape index (κ2) is 9.01. The fraction of sp³-hybridized carbons (Fsp3) is 0.778. The molecule has 0 saturated heterocycles. The minimum Gasteiger partial charge on any atom is -0.480 e. The smallest absolute Gasteiger partial charge is 0.233 e. The van der Waals surface area contributed by atoms with Gasteiger partial charge in [0, 0.05) is 12.0 Å². The monoisotopic (exact) mass is 290 g/mol. The van der Waals surface area contributed by atoms with Crippen LogP contribution in [0.3, 0.4) is 0 Å². The number of ether oxygens (including phenoxy) is 1. The summed E-state index contributed by atoms with van der Waals surface area (Å²) in [4.78, 5) is 0. The Hall–Kier alpha value is -1.12. The molecule has 0 atom stereocenters. The van der Waals surface area contributed by atoms with Crippen molar-refractivity contribution in [2.75, 3.05) is 7.11 Å². The molecule has 0 unspecified atom stereocenters. The van der Waals surface area contributed by atoms with E-state index in [4.69, 9.17) is 4.74 Å². The zero-order valence-corrected chi connectivity index (χ0v) is 13.7. The number of hydrogen-bond donors (Lipinski definition) is 0. The third kappa shape index (κ3) is 5.29. The van der Waals surface area contributed by atoms with Crippen LogP contribution in [0.2, 0.25) is 0 Å². The van der Waals surface area contributed by atoms with E-state index >= 15 is 0 Å². The molecule has 1 heterocycles. The van der Waals surface area contributed by atoms with E-state index in [1.807, 2.05) is 6.07 Å². The van der Waals surface area contributed by atoms with Gasteiger partial charge >= 0.3 is 0 Å². The molecular weight excluding hydrogens is 260 g/mol. The highest BCUT2D eigenvalue weighted by atomic mass is 16.5. The maximum atomic E-state index is 5.07. The van der Waals surface area contributed by atoms with E-state index in [1.54, 1.807) is 7.11 Å². The summed E-state index contributed by atoms with van der Waals surface area (Å²) in [5, 5.41) is 8.42. The Morgan fingerprint density at radius 3 is 2.38 bits per heavy atom. The van der Waals surface area contributed by atoms with Crippen LogP contribution in [-0.4, -0.2) is 17.3 Å². The Kier molecular flexibility index (Phi) is 6.98. The second-order valence-corrected chi connectivity index (χ2v) is 6.42. The predicted molar refractivity (Wildman–Crippen MR) is 86.7 cm³/mol. The Labute approximate surface area is 129 Å². The summed E-state index contributed by atoms with van der Waals surface area (Å²) >= 11 is 0. The van der Waals surface area contributed by atoms with Crippen LogP contribution in [0.4, 0.5) is 0 Å². The Balaban J connectivity index is 1.67. The first-order valence-electron chi connectivity index (χ1n) is 8.71. The highest BCUT2D eigenvalue weighted by Crippen LogP contribution is 2.37. The number of aromatic nitrogens is 2. The molecular formula is C18H30N2O. The van der Waals surface area contributed by atoms with Gasteiger partial charge in [-0.25, -0.2) is 0 Å². The van der Waals surface area contributed by atoms with Crippen molar-refractivity contribution in [2.24, 2.45) is 5.92 Å². The van der Waals surface area contributed by atoms with Crippen molar-refractivity contribution in [3.63, 3.8) is 0 Å². The van der Waals surface area contributed by atoms with Gasteiger partial charge in [-0.2, -0.15) is 5.10 Å². The summed E-state index contributed by atoms with van der Waals surface area (Å²) in [7, 11) is 1.63. The van der Waals surface area contributed by atoms with Gasteiger partial charge in [-0.3, -0.25) is 0 Å². The topological polar surface area (TPSA) is 35.0 Å². The SMILES string of the molecule is CCCCCCCC1CCC(c2ccc(OC)nn2)CC1. The largest absolute Gasteiger partial charge is 0.480 e. The van der Waals surface area contributed by atoms with Crippen molar-refractivity contribution >= 4 is 0 Å². The molecule has 0 aliphatic heterocycles. The molecule has 1 aliphatic rings. The minimum atomic E-state index is 0.611. The first-order chi connectivity index (χ1) is 10.3. The fourth-order valence-corrected chi connectivity index (χ4v) is 3.44. The van der Waals surface area contributed by atoms with E-state index < -0.39 is 0 Å². The maximum absolute atomic E-state index is 5.07. The van der Waals surface area contributed by atoms with E-state index in [1.165, 1.54) is 64.2 Å². The molecule has 1 saturated carbocycles. The van der Waals surface area contributed by atoms with Crippen LogP contribution >= 0.6 is 0 Å². The first kappa shape index (κ1) is 16.3. The van der Waals surface area contributed by atoms with Crippen molar-refractivity contribution < 1.29 is 4.74 Å². The van der Waals surface area contributed by atoms with E-state index in [2.05, 4.69) is 23.2 Å². The highest BCUT2D eigenvalue weighted by molar-refractivity contribution is 5.15. The van der Waals surface area contributed by atoms with Crippen LogP contribution in [0.1, 0.15) is 82.7 Å². The van der Waals surface area contributed by atoms with E-state index in [0.29, 0.717) is 11.8 Å². The molecule has 0 spiro atoms. The Morgan fingerprint density at radius 1 is 1.00 bits per heavy atom. The molecule has 0 N–H and O–H groups in total. The van der Waals surface area contributed by atoms with Gasteiger partial charge in [0.2, 0.25) is 5.88 Å². The fourth-order valence-electron chi connectivity index (χ4n) is 3.44. The zero-order chi connectivity index (χ0) is 14.9. The van der Waals surface area contributed by atoms with Gasteiger partial charge in [0.25, 0.3) is 0 Å². The minimum absolute atomic E-state index is 0.611. The van der Waals surface area contributed by atoms with Gasteiger partial charge in [0.1, 0.15) is 0 Å². The quantitative estimate of drug-likeness (QED) is 0.623. The van der Waals surface area contributed by atoms with Gasteiger partial charge in [0.15, 0.2) is 0 Å². The molecule has 0 bridgehead atoms. The molecule has 3 heteroatoms. The average molecular weight is 290 g/mol. The van der Waals surface area contributed by atoms with Gasteiger partial charge in [-0.05, 0) is 37.7 Å². The predicted octanol–water partition coefficient (Wildman–Crippen LogP) is 5.12. The summed E-state index contributed by atoms with van der Waals surface area (Å²) in [5.74, 6) is 2.17. The van der Waals surface area contributed by atoms with Crippen molar-refractivity contribution in [3.8, 4) is 5.88 Å². The number of methoxy groups -OCH3 is 1. The van der Waals surface area contributed by atoms with Crippen LogP contribution in [0, 0.1) is 5.92 Å². The Bertz CT molecular complexity index is 383. The number of unbranched alkanes of at least 4 members (excludes halogenated alkanes) is 4. The maximum Gasteiger partial charge on any atom is 0.233 e. The molecule has 3 nitrogen and oxygen atoms in total. The van der Waals surface area contributed by atoms with Gasteiger partial charge in [0.05, 0.1) is 12.8 Å². The molecule has 1 aromatic heterocycles. The summed E-state index contributed by atoms with van der Waals surface area (Å²) in [6, 6.07) is 4.02. The number of hydrogen-bond acceptors (Lipinski definition) is 3. The summed E-state index contributed by atoms with van der Waals surface area (Å²) < 4.78 is 5.07. The molecule has 21 heavy (non-hydrogen) atoms. The zero-order valence-electron chi connectivity index (χ0n) is 13.7. The molecule has 118 valence electrons. The third-order valence-electron chi connectivity index (χ3n) is 4.85. The van der Waals surface area contributed by atoms with Crippen molar-refractivity contribution in [3.05, 3.63) is 17.8 Å². The molecule has 1 aromatic rings. The molecule has 1 aliphatic carbocycles. The molecule has 0 aromatic carbocycles. The average Bonchev–Trinajstić information content (AvgIpc) is 2.55. The second-order valence-electron chi connectivity index (χ2n) is 6.42. The molecule has 0 amide bonds. The third-order valence-corrected chi connectivity index (χ3v) is 4.85. The van der Waals surface area contributed by atoms with Crippen molar-refractivity contribution in [1.82, 2.24) is 10.2 Å². The first-order valence-corrected chi connectivity index (χ1v) is 8.71.